The molecule has 5 nitrogen and oxygen atoms in total. The van der Waals surface area contributed by atoms with Crippen molar-refractivity contribution in [2.45, 2.75) is 26.1 Å². The molecule has 0 bridgehead atoms. The topological polar surface area (TPSA) is 44.4 Å². The molecule has 1 aromatic carbocycles. The molecular formula is C21H26N4OS. The van der Waals surface area contributed by atoms with E-state index in [1.54, 1.807) is 7.11 Å². The molecule has 0 atom stereocenters. The van der Waals surface area contributed by atoms with E-state index in [0.29, 0.717) is 0 Å². The van der Waals surface area contributed by atoms with Gasteiger partial charge >= 0.3 is 0 Å². The predicted octanol–water partition coefficient (Wildman–Crippen LogP) is 3.77. The molecule has 0 spiro atoms. The first-order valence-corrected chi connectivity index (χ1v) is 10.1. The molecule has 27 heavy (non-hydrogen) atoms. The Morgan fingerprint density at radius 3 is 2.81 bits per heavy atom. The Bertz CT molecular complexity index is 897. The van der Waals surface area contributed by atoms with Crippen molar-refractivity contribution in [2.75, 3.05) is 27.7 Å². The van der Waals surface area contributed by atoms with Crippen molar-refractivity contribution in [2.24, 2.45) is 0 Å². The van der Waals surface area contributed by atoms with Crippen molar-refractivity contribution in [3.8, 4) is 17.1 Å². The first-order valence-electron chi connectivity index (χ1n) is 9.26. The lowest BCUT2D eigenvalue weighted by Gasteiger charge is -2.25. The van der Waals surface area contributed by atoms with Crippen molar-refractivity contribution in [3.63, 3.8) is 0 Å². The van der Waals surface area contributed by atoms with Crippen molar-refractivity contribution in [1.82, 2.24) is 19.8 Å². The van der Waals surface area contributed by atoms with Gasteiger partial charge in [0.05, 0.1) is 18.5 Å². The van der Waals surface area contributed by atoms with E-state index in [1.165, 1.54) is 21.8 Å². The number of methoxy groups -OCH3 is 1. The van der Waals surface area contributed by atoms with E-state index in [-0.39, 0.29) is 0 Å². The molecule has 142 valence electrons. The molecule has 0 amide bonds. The standard InChI is InChI=1S/C21H26N4OS/c1-24(2)11-15-10-18(27-14-15)12-25-9-8-19-20(13-25)23-21(22-19)16-4-6-17(26-3)7-5-16/h4-7,10,14H,8-9,11-13H2,1-3H3,(H,22,23). The SMILES string of the molecule is COc1ccc(-c2nc3c([nH]2)CN(Cc2cc(CN(C)C)cs2)CC3)cc1. The summed E-state index contributed by atoms with van der Waals surface area (Å²) in [5.41, 5.74) is 4.96. The van der Waals surface area contributed by atoms with Crippen molar-refractivity contribution in [1.29, 1.82) is 0 Å². The number of aromatic nitrogens is 2. The summed E-state index contributed by atoms with van der Waals surface area (Å²) in [4.78, 5) is 14.5. The molecular weight excluding hydrogens is 356 g/mol. The number of ether oxygens (including phenoxy) is 1. The Hall–Kier alpha value is -2.15. The quantitative estimate of drug-likeness (QED) is 0.705. The van der Waals surface area contributed by atoms with E-state index in [4.69, 9.17) is 9.72 Å². The van der Waals surface area contributed by atoms with Gasteiger partial charge in [-0.15, -0.1) is 11.3 Å². The largest absolute Gasteiger partial charge is 0.497 e. The second-order valence-electron chi connectivity index (χ2n) is 7.36. The fraction of sp³-hybridized carbons (Fsp3) is 0.381. The molecule has 4 rings (SSSR count). The van der Waals surface area contributed by atoms with Crippen LogP contribution in [0.15, 0.2) is 35.7 Å². The highest BCUT2D eigenvalue weighted by molar-refractivity contribution is 7.10. The second kappa shape index (κ2) is 7.84. The molecule has 3 aromatic rings. The first-order chi connectivity index (χ1) is 13.1. The number of nitrogens with one attached hydrogen (secondary N) is 1. The van der Waals surface area contributed by atoms with E-state index < -0.39 is 0 Å². The number of H-pyrrole nitrogens is 1. The van der Waals surface area contributed by atoms with Gasteiger partial charge in [-0.25, -0.2) is 4.98 Å². The lowest BCUT2D eigenvalue weighted by molar-refractivity contribution is 0.243. The van der Waals surface area contributed by atoms with Gasteiger partial charge in [0.15, 0.2) is 0 Å². The molecule has 2 aromatic heterocycles. The maximum absolute atomic E-state index is 5.24. The Labute approximate surface area is 164 Å². The van der Waals surface area contributed by atoms with Crippen LogP contribution >= 0.6 is 11.3 Å². The summed E-state index contributed by atoms with van der Waals surface area (Å²) in [6, 6.07) is 10.4. The highest BCUT2D eigenvalue weighted by Gasteiger charge is 2.21. The smallest absolute Gasteiger partial charge is 0.137 e. The summed E-state index contributed by atoms with van der Waals surface area (Å²) < 4.78 is 5.24. The highest BCUT2D eigenvalue weighted by atomic mass is 32.1. The molecule has 0 saturated heterocycles. The van der Waals surface area contributed by atoms with Crippen molar-refractivity contribution < 1.29 is 4.74 Å². The van der Waals surface area contributed by atoms with Gasteiger partial charge in [-0.1, -0.05) is 0 Å². The number of benzene rings is 1. The zero-order valence-corrected chi connectivity index (χ0v) is 17.0. The summed E-state index contributed by atoms with van der Waals surface area (Å²) in [7, 11) is 5.91. The Balaban J connectivity index is 1.43. The van der Waals surface area contributed by atoms with Crippen LogP contribution in [-0.2, 0) is 26.1 Å². The van der Waals surface area contributed by atoms with Gasteiger partial charge in [0, 0.05) is 43.0 Å². The van der Waals surface area contributed by atoms with Gasteiger partial charge < -0.3 is 14.6 Å². The Morgan fingerprint density at radius 1 is 1.26 bits per heavy atom. The van der Waals surface area contributed by atoms with Crippen LogP contribution < -0.4 is 4.74 Å². The number of fused-ring (bicyclic) bond motifs is 1. The number of hydrogen-bond acceptors (Lipinski definition) is 5. The van der Waals surface area contributed by atoms with Crippen LogP contribution in [0.25, 0.3) is 11.4 Å². The molecule has 1 aliphatic rings. The van der Waals surface area contributed by atoms with E-state index in [0.717, 1.165) is 49.7 Å². The van der Waals surface area contributed by atoms with E-state index >= 15 is 0 Å². The maximum Gasteiger partial charge on any atom is 0.137 e. The molecule has 6 heteroatoms. The molecule has 3 heterocycles. The Morgan fingerprint density at radius 2 is 2.07 bits per heavy atom. The Kier molecular flexibility index (Phi) is 5.29. The normalized spacial score (nSPS) is 14.5. The average molecular weight is 383 g/mol. The summed E-state index contributed by atoms with van der Waals surface area (Å²) in [5.74, 6) is 1.82. The molecule has 1 aliphatic heterocycles. The van der Waals surface area contributed by atoms with Gasteiger partial charge in [0.2, 0.25) is 0 Å². The van der Waals surface area contributed by atoms with Crippen LogP contribution in [0.4, 0.5) is 0 Å². The number of nitrogens with zero attached hydrogens (tertiary/aromatic N) is 3. The highest BCUT2D eigenvalue weighted by Crippen LogP contribution is 2.26. The van der Waals surface area contributed by atoms with Crippen molar-refractivity contribution >= 4 is 11.3 Å². The van der Waals surface area contributed by atoms with Crippen LogP contribution in [0, 0.1) is 0 Å². The number of imidazole rings is 1. The maximum atomic E-state index is 5.24. The van der Waals surface area contributed by atoms with Crippen LogP contribution in [0.3, 0.4) is 0 Å². The number of thiophene rings is 1. The van der Waals surface area contributed by atoms with E-state index in [2.05, 4.69) is 52.5 Å². The third-order valence-electron chi connectivity index (χ3n) is 4.86. The van der Waals surface area contributed by atoms with Crippen LogP contribution in [-0.4, -0.2) is 47.5 Å². The zero-order valence-electron chi connectivity index (χ0n) is 16.2. The lowest BCUT2D eigenvalue weighted by atomic mass is 10.1. The monoisotopic (exact) mass is 382 g/mol. The molecule has 0 fully saturated rings. The van der Waals surface area contributed by atoms with E-state index in [9.17, 15) is 0 Å². The molecule has 0 saturated carbocycles. The summed E-state index contributed by atoms with van der Waals surface area (Å²) in [6.45, 7) is 4.00. The average Bonchev–Trinajstić information content (AvgIpc) is 3.27. The molecule has 1 N–H and O–H groups in total. The molecule has 0 unspecified atom stereocenters. The fourth-order valence-electron chi connectivity index (χ4n) is 3.55. The number of hydrogen-bond donors (Lipinski definition) is 1. The number of aromatic amines is 1. The minimum atomic E-state index is 0.867. The van der Waals surface area contributed by atoms with E-state index in [1.807, 2.05) is 23.5 Å². The van der Waals surface area contributed by atoms with Gasteiger partial charge in [-0.2, -0.15) is 0 Å². The molecule has 0 radical (unpaired) electrons. The zero-order chi connectivity index (χ0) is 18.8. The van der Waals surface area contributed by atoms with Crippen molar-refractivity contribution in [3.05, 3.63) is 57.5 Å². The molecule has 0 aliphatic carbocycles. The number of rotatable bonds is 6. The second-order valence-corrected chi connectivity index (χ2v) is 8.35. The minimum Gasteiger partial charge on any atom is -0.497 e. The van der Waals surface area contributed by atoms with Gasteiger partial charge in [-0.3, -0.25) is 4.90 Å². The summed E-state index contributed by atoms with van der Waals surface area (Å²) >= 11 is 1.87. The minimum absolute atomic E-state index is 0.867. The van der Waals surface area contributed by atoms with Gasteiger partial charge in [-0.05, 0) is 55.4 Å². The third-order valence-corrected chi connectivity index (χ3v) is 5.83. The third kappa shape index (κ3) is 4.24. The summed E-state index contributed by atoms with van der Waals surface area (Å²) in [5, 5.41) is 2.28. The fourth-order valence-corrected chi connectivity index (χ4v) is 4.47. The van der Waals surface area contributed by atoms with Gasteiger partial charge in [0.25, 0.3) is 0 Å². The van der Waals surface area contributed by atoms with Gasteiger partial charge in [0.1, 0.15) is 11.6 Å². The lowest BCUT2D eigenvalue weighted by Crippen LogP contribution is -2.29. The summed E-state index contributed by atoms with van der Waals surface area (Å²) in [6.07, 6.45) is 0.998. The first kappa shape index (κ1) is 18.2. The van der Waals surface area contributed by atoms with Crippen LogP contribution in [0.5, 0.6) is 5.75 Å². The van der Waals surface area contributed by atoms with Crippen LogP contribution in [0.1, 0.15) is 21.8 Å². The predicted molar refractivity (Wildman–Crippen MR) is 110 cm³/mol. The van der Waals surface area contributed by atoms with Crippen LogP contribution in [0.2, 0.25) is 0 Å².